The molecule has 0 spiro atoms. The number of esters is 2. The molecule has 454 valence electrons. The molecule has 9 unspecified atom stereocenters. The predicted octanol–water partition coefficient (Wildman–Crippen LogP) is 1.68. The first-order chi connectivity index (χ1) is 37.2. The minimum absolute atomic E-state index is 0.0176. The molecule has 11 N–H and O–H groups in total. The lowest BCUT2D eigenvalue weighted by Gasteiger charge is -2.72. The Morgan fingerprint density at radius 3 is 1.79 bits per heavy atom. The fraction of sp³-hybridized carbons (Fsp3) is 0.845. The number of rotatable bonds is 14. The lowest BCUT2D eigenvalue weighted by Crippen LogP contribution is -2.73. The lowest BCUT2D eigenvalue weighted by molar-refractivity contribution is -0.407. The van der Waals surface area contributed by atoms with E-state index in [1.165, 1.54) is 6.92 Å². The predicted molar refractivity (Wildman–Crippen MR) is 280 cm³/mol. The maximum atomic E-state index is 13.8. The molecule has 22 heteroatoms. The molecule has 0 radical (unpaired) electrons. The van der Waals surface area contributed by atoms with Gasteiger partial charge < -0.3 is 94.1 Å². The van der Waals surface area contributed by atoms with Gasteiger partial charge in [0.05, 0.1) is 37.4 Å². The SMILES string of the molecule is C/C=C(/C)C(=O)O[C@H]1[C@H](OC(=O)/C(C)=C\C)[C@@]2(CO)C(CC1(C)C)C1=CCC3[C@@]4(C)CC[C@H](O[C@@H]5OC(C(=O)O)[C@@H](O)[C@@](C)(OC6O[C@@H](CO)[C@@H](O)C6O)C5O[C@@H]5OC(CO)[C@H](O)C(O)[C@@H]5O)C(C)(C)C4CC[C@@]3(C)[C@]1(C)C[C@H]2O. The van der Waals surface area contributed by atoms with Gasteiger partial charge in [0.25, 0.3) is 0 Å². The van der Waals surface area contributed by atoms with Crippen LogP contribution in [-0.4, -0.2) is 204 Å². The zero-order valence-corrected chi connectivity index (χ0v) is 48.3. The van der Waals surface area contributed by atoms with Crippen molar-refractivity contribution in [3.05, 3.63) is 34.9 Å². The summed E-state index contributed by atoms with van der Waals surface area (Å²) in [6.45, 7) is 20.6. The summed E-state index contributed by atoms with van der Waals surface area (Å²) in [6, 6.07) is 0. The number of carboxylic acid groups (broad SMARTS) is 1. The first kappa shape index (κ1) is 63.0. The highest BCUT2D eigenvalue weighted by Crippen LogP contribution is 2.76. The highest BCUT2D eigenvalue weighted by Gasteiger charge is 2.74. The molecular formula is C58H90O22. The Morgan fingerprint density at radius 2 is 1.23 bits per heavy atom. The van der Waals surface area contributed by atoms with E-state index in [1.807, 2.05) is 13.8 Å². The van der Waals surface area contributed by atoms with Crippen molar-refractivity contribution in [1.29, 1.82) is 0 Å². The second kappa shape index (κ2) is 22.4. The fourth-order valence-corrected chi connectivity index (χ4v) is 16.5. The molecule has 7 fully saturated rings. The Balaban J connectivity index is 1.14. The topological polar surface area (TPSA) is 348 Å². The maximum absolute atomic E-state index is 13.8. The summed E-state index contributed by atoms with van der Waals surface area (Å²) >= 11 is 0. The monoisotopic (exact) mass is 1140 g/mol. The van der Waals surface area contributed by atoms with Gasteiger partial charge in [0.15, 0.2) is 31.1 Å². The summed E-state index contributed by atoms with van der Waals surface area (Å²) < 4.78 is 49.8. The van der Waals surface area contributed by atoms with Gasteiger partial charge >= 0.3 is 17.9 Å². The molecule has 5 aliphatic carbocycles. The number of carboxylic acids is 1. The van der Waals surface area contributed by atoms with E-state index in [-0.39, 0.29) is 18.3 Å². The largest absolute Gasteiger partial charge is 0.479 e. The van der Waals surface area contributed by atoms with E-state index in [0.717, 1.165) is 5.57 Å². The summed E-state index contributed by atoms with van der Waals surface area (Å²) in [5.74, 6) is -3.43. The number of carbonyl (C=O) groups excluding carboxylic acids is 2. The van der Waals surface area contributed by atoms with Crippen molar-refractivity contribution >= 4 is 17.9 Å². The molecule has 22 nitrogen and oxygen atoms in total. The second-order valence-electron chi connectivity index (χ2n) is 26.6. The van der Waals surface area contributed by atoms with Crippen molar-refractivity contribution in [3.8, 4) is 0 Å². The van der Waals surface area contributed by atoms with Gasteiger partial charge in [0.2, 0.25) is 0 Å². The van der Waals surface area contributed by atoms with Gasteiger partial charge in [-0.1, -0.05) is 72.3 Å². The quantitative estimate of drug-likeness (QED) is 0.0510. The number of ether oxygens (including phenoxy) is 8. The van der Waals surface area contributed by atoms with E-state index in [9.17, 15) is 70.6 Å². The Hall–Kier alpha value is -3.01. The van der Waals surface area contributed by atoms with Crippen LogP contribution in [0.15, 0.2) is 34.9 Å². The van der Waals surface area contributed by atoms with Crippen molar-refractivity contribution in [2.75, 3.05) is 19.8 Å². The van der Waals surface area contributed by atoms with Gasteiger partial charge in [-0.25, -0.2) is 14.4 Å². The van der Waals surface area contributed by atoms with Crippen molar-refractivity contribution in [1.82, 2.24) is 0 Å². The van der Waals surface area contributed by atoms with E-state index in [2.05, 4.69) is 40.7 Å². The molecule has 0 aromatic rings. The molecule has 80 heavy (non-hydrogen) atoms. The Bertz CT molecular complexity index is 2410. The van der Waals surface area contributed by atoms with Gasteiger partial charge in [0.1, 0.15) is 66.6 Å². The third-order valence-corrected chi connectivity index (χ3v) is 21.8. The number of aliphatic hydroxyl groups is 10. The Labute approximate surface area is 468 Å². The third-order valence-electron chi connectivity index (χ3n) is 21.8. The van der Waals surface area contributed by atoms with Crippen LogP contribution in [0.2, 0.25) is 0 Å². The first-order valence-electron chi connectivity index (χ1n) is 28.4. The standard InChI is InChI=1S/C58H90O22/c1-13-26(3)47(71)77-43-44(78-48(72)27(4)14-2)58(25-61)29(21-52(43,5)6)28-15-16-33-54(9)19-18-35(53(7,8)32(54)17-20-55(33,10)56(28,11)22-34(58)62)75-51-45(79-49-40(67)38(65)36(63)30(23-59)73-49)57(12,42(68)41(76-51)46(69)70)80-50-39(66)37(64)31(24-60)74-50/h13-15,29-45,49-51,59-68H,16-25H2,1-12H3,(H,69,70)/b26-13-,27-14-/t29?,30?,31-,32?,33?,34+,35-,36-,37+,38?,39?,40-,41?,42+,43-,44-,45?,49-,50?,51+,54-,55+,56+,57+,58-/m0/s1. The van der Waals surface area contributed by atoms with Crippen molar-refractivity contribution in [3.63, 3.8) is 0 Å². The van der Waals surface area contributed by atoms with Crippen LogP contribution in [0, 0.1) is 50.2 Å². The van der Waals surface area contributed by atoms with E-state index >= 15 is 0 Å². The number of hydrogen-bond acceptors (Lipinski definition) is 21. The molecule has 3 aliphatic heterocycles. The van der Waals surface area contributed by atoms with Gasteiger partial charge in [-0.2, -0.15) is 0 Å². The lowest BCUT2D eigenvalue weighted by atomic mass is 9.33. The van der Waals surface area contributed by atoms with E-state index in [4.69, 9.17) is 37.9 Å². The smallest absolute Gasteiger partial charge is 0.335 e. The number of hydrogen-bond donors (Lipinski definition) is 11. The minimum atomic E-state index is -2.35. The number of fused-ring (bicyclic) bond motifs is 7. The Morgan fingerprint density at radius 1 is 0.662 bits per heavy atom. The van der Waals surface area contributed by atoms with Crippen molar-refractivity contribution in [2.45, 2.75) is 238 Å². The molecule has 8 aliphatic rings. The molecule has 0 amide bonds. The summed E-state index contributed by atoms with van der Waals surface area (Å²) in [4.78, 5) is 40.5. The maximum Gasteiger partial charge on any atom is 0.335 e. The van der Waals surface area contributed by atoms with Crippen LogP contribution < -0.4 is 0 Å². The van der Waals surface area contributed by atoms with Crippen LogP contribution in [0.25, 0.3) is 0 Å². The molecule has 4 saturated carbocycles. The number of allylic oxidation sites excluding steroid dienone is 4. The molecule has 25 atom stereocenters. The fourth-order valence-electron chi connectivity index (χ4n) is 16.5. The van der Waals surface area contributed by atoms with Crippen LogP contribution in [0.4, 0.5) is 0 Å². The number of carbonyl (C=O) groups is 3. The van der Waals surface area contributed by atoms with Crippen LogP contribution >= 0.6 is 0 Å². The minimum Gasteiger partial charge on any atom is -0.479 e. The van der Waals surface area contributed by atoms with Crippen LogP contribution in [-0.2, 0) is 52.3 Å². The average Bonchev–Trinajstić information content (AvgIpc) is 3.19. The van der Waals surface area contributed by atoms with Crippen LogP contribution in [0.1, 0.15) is 128 Å². The number of aliphatic carboxylic acids is 1. The average molecular weight is 1140 g/mol. The first-order valence-corrected chi connectivity index (χ1v) is 28.4. The summed E-state index contributed by atoms with van der Waals surface area (Å²) in [7, 11) is 0. The van der Waals surface area contributed by atoms with Gasteiger partial charge in [-0.3, -0.25) is 0 Å². The highest BCUT2D eigenvalue weighted by molar-refractivity contribution is 5.89. The van der Waals surface area contributed by atoms with Crippen molar-refractivity contribution in [2.24, 2.45) is 50.2 Å². The second-order valence-corrected chi connectivity index (χ2v) is 26.6. The molecule has 8 rings (SSSR count). The molecule has 3 heterocycles. The normalized spacial score (nSPS) is 49.0. The van der Waals surface area contributed by atoms with E-state index in [0.29, 0.717) is 49.7 Å². The van der Waals surface area contributed by atoms with Crippen molar-refractivity contribution < 1.29 is 108 Å². The van der Waals surface area contributed by atoms with Crippen LogP contribution in [0.5, 0.6) is 0 Å². The van der Waals surface area contributed by atoms with E-state index < -0.39 is 186 Å². The Kier molecular flexibility index (Phi) is 17.7. The molecule has 0 bridgehead atoms. The third kappa shape index (κ3) is 9.77. The number of aliphatic hydroxyl groups excluding tert-OH is 10. The summed E-state index contributed by atoms with van der Waals surface area (Å²) in [6.07, 6.45) is -18.7. The van der Waals surface area contributed by atoms with Gasteiger partial charge in [0, 0.05) is 16.6 Å². The van der Waals surface area contributed by atoms with Gasteiger partial charge in [-0.05, 0) is 119 Å². The molecular weight excluding hydrogens is 1050 g/mol. The summed E-state index contributed by atoms with van der Waals surface area (Å²) in [5, 5.41) is 122. The highest BCUT2D eigenvalue weighted by atomic mass is 16.8. The zero-order valence-electron chi connectivity index (χ0n) is 48.3. The summed E-state index contributed by atoms with van der Waals surface area (Å²) in [5.41, 5.74) is -5.09. The molecule has 0 aromatic heterocycles. The van der Waals surface area contributed by atoms with Crippen LogP contribution in [0.3, 0.4) is 0 Å². The van der Waals surface area contributed by atoms with Gasteiger partial charge in [-0.15, -0.1) is 0 Å². The zero-order chi connectivity index (χ0) is 59.4. The van der Waals surface area contributed by atoms with E-state index in [1.54, 1.807) is 39.8 Å². The molecule has 0 aromatic carbocycles. The molecule has 3 saturated heterocycles.